The lowest BCUT2D eigenvalue weighted by atomic mass is 10.1. The molecule has 1 aromatic carbocycles. The smallest absolute Gasteiger partial charge is 0.262 e. The number of piperazine rings is 1. The Bertz CT molecular complexity index is 1020. The number of amides is 1. The SMILES string of the molecule is Cc1ccc(C)c(N2CCN(S(=O)(=O)c3ccsc3C(=O)NC3CCCC3)CC2)c1. The number of hydrogen-bond acceptors (Lipinski definition) is 5. The van der Waals surface area contributed by atoms with Gasteiger partial charge in [-0.1, -0.05) is 25.0 Å². The molecule has 8 heteroatoms. The molecule has 2 aliphatic rings. The highest BCUT2D eigenvalue weighted by Crippen LogP contribution is 2.29. The van der Waals surface area contributed by atoms with Crippen LogP contribution < -0.4 is 10.2 Å². The van der Waals surface area contributed by atoms with E-state index in [4.69, 9.17) is 0 Å². The number of aryl methyl sites for hydroxylation is 2. The molecule has 4 rings (SSSR count). The molecule has 162 valence electrons. The van der Waals surface area contributed by atoms with Crippen LogP contribution >= 0.6 is 11.3 Å². The predicted molar refractivity (Wildman–Crippen MR) is 121 cm³/mol. The number of benzene rings is 1. The first-order valence-electron chi connectivity index (χ1n) is 10.6. The van der Waals surface area contributed by atoms with Crippen LogP contribution in [0.4, 0.5) is 5.69 Å². The van der Waals surface area contributed by atoms with E-state index in [9.17, 15) is 13.2 Å². The fourth-order valence-electron chi connectivity index (χ4n) is 4.36. The van der Waals surface area contributed by atoms with Crippen LogP contribution in [-0.2, 0) is 10.0 Å². The summed E-state index contributed by atoms with van der Waals surface area (Å²) in [5.74, 6) is -0.260. The molecule has 30 heavy (non-hydrogen) atoms. The van der Waals surface area contributed by atoms with E-state index < -0.39 is 10.0 Å². The van der Waals surface area contributed by atoms with E-state index in [0.29, 0.717) is 31.1 Å². The standard InChI is InChI=1S/C22H29N3O3S2/c1-16-7-8-17(2)19(15-16)24-10-12-25(13-11-24)30(27,28)20-9-14-29-21(20)22(26)23-18-5-3-4-6-18/h7-9,14-15,18H,3-6,10-13H2,1-2H3,(H,23,26). The molecule has 0 radical (unpaired) electrons. The predicted octanol–water partition coefficient (Wildman–Crippen LogP) is 3.55. The summed E-state index contributed by atoms with van der Waals surface area (Å²) >= 11 is 1.20. The van der Waals surface area contributed by atoms with Crippen molar-refractivity contribution in [1.82, 2.24) is 9.62 Å². The average Bonchev–Trinajstić information content (AvgIpc) is 3.42. The number of thiophene rings is 1. The van der Waals surface area contributed by atoms with Gasteiger partial charge in [0.25, 0.3) is 5.91 Å². The molecule has 1 N–H and O–H groups in total. The van der Waals surface area contributed by atoms with Crippen LogP contribution in [0.2, 0.25) is 0 Å². The van der Waals surface area contributed by atoms with Gasteiger partial charge in [0.1, 0.15) is 9.77 Å². The minimum Gasteiger partial charge on any atom is -0.369 e. The Labute approximate surface area is 182 Å². The number of nitrogens with zero attached hydrogens (tertiary/aromatic N) is 2. The Morgan fingerprint density at radius 1 is 1.07 bits per heavy atom. The third-order valence-corrected chi connectivity index (χ3v) is 9.07. The van der Waals surface area contributed by atoms with Gasteiger partial charge < -0.3 is 10.2 Å². The summed E-state index contributed by atoms with van der Waals surface area (Å²) in [5.41, 5.74) is 3.56. The van der Waals surface area contributed by atoms with Crippen molar-refractivity contribution < 1.29 is 13.2 Å². The zero-order chi connectivity index (χ0) is 21.3. The molecule has 2 aromatic rings. The highest BCUT2D eigenvalue weighted by molar-refractivity contribution is 7.89. The van der Waals surface area contributed by atoms with Crippen molar-refractivity contribution in [3.8, 4) is 0 Å². The molecule has 0 bridgehead atoms. The number of nitrogens with one attached hydrogen (secondary N) is 1. The second-order valence-corrected chi connectivity index (χ2v) is 11.1. The number of hydrogen-bond donors (Lipinski definition) is 1. The number of sulfonamides is 1. The number of rotatable bonds is 5. The average molecular weight is 448 g/mol. The highest BCUT2D eigenvalue weighted by atomic mass is 32.2. The van der Waals surface area contributed by atoms with E-state index in [2.05, 4.69) is 42.3 Å². The highest BCUT2D eigenvalue weighted by Gasteiger charge is 2.33. The van der Waals surface area contributed by atoms with Crippen molar-refractivity contribution in [2.45, 2.75) is 50.5 Å². The number of carbonyl (C=O) groups is 1. The van der Waals surface area contributed by atoms with Crippen molar-refractivity contribution in [3.63, 3.8) is 0 Å². The summed E-state index contributed by atoms with van der Waals surface area (Å²) in [6, 6.07) is 8.09. The van der Waals surface area contributed by atoms with E-state index in [1.165, 1.54) is 32.5 Å². The van der Waals surface area contributed by atoms with Crippen molar-refractivity contribution in [2.75, 3.05) is 31.1 Å². The number of anilines is 1. The molecular weight excluding hydrogens is 418 g/mol. The molecule has 1 aromatic heterocycles. The second-order valence-electron chi connectivity index (χ2n) is 8.25. The topological polar surface area (TPSA) is 69.7 Å². The van der Waals surface area contributed by atoms with E-state index in [0.717, 1.165) is 25.7 Å². The van der Waals surface area contributed by atoms with Crippen LogP contribution in [0, 0.1) is 13.8 Å². The Morgan fingerprint density at radius 2 is 1.77 bits per heavy atom. The van der Waals surface area contributed by atoms with E-state index in [1.54, 1.807) is 11.4 Å². The molecule has 1 amide bonds. The maximum Gasteiger partial charge on any atom is 0.262 e. The van der Waals surface area contributed by atoms with Crippen LogP contribution in [0.15, 0.2) is 34.5 Å². The molecule has 6 nitrogen and oxygen atoms in total. The minimum absolute atomic E-state index is 0.142. The molecule has 0 spiro atoms. The van der Waals surface area contributed by atoms with Crippen molar-refractivity contribution in [3.05, 3.63) is 45.6 Å². The maximum atomic E-state index is 13.3. The molecule has 1 saturated carbocycles. The first kappa shape index (κ1) is 21.3. The Morgan fingerprint density at radius 3 is 2.47 bits per heavy atom. The maximum absolute atomic E-state index is 13.3. The Balaban J connectivity index is 1.47. The van der Waals surface area contributed by atoms with Gasteiger partial charge in [-0.15, -0.1) is 11.3 Å². The zero-order valence-electron chi connectivity index (χ0n) is 17.6. The number of carbonyl (C=O) groups excluding carboxylic acids is 1. The van der Waals surface area contributed by atoms with Gasteiger partial charge in [0.2, 0.25) is 10.0 Å². The molecule has 2 heterocycles. The van der Waals surface area contributed by atoms with Crippen LogP contribution in [0.5, 0.6) is 0 Å². The molecule has 1 aliphatic carbocycles. The van der Waals surface area contributed by atoms with Crippen LogP contribution in [0.3, 0.4) is 0 Å². The minimum atomic E-state index is -3.70. The van der Waals surface area contributed by atoms with Gasteiger partial charge in [-0.2, -0.15) is 4.31 Å². The van der Waals surface area contributed by atoms with Gasteiger partial charge in [-0.25, -0.2) is 8.42 Å². The normalized spacial score (nSPS) is 18.7. The molecule has 0 unspecified atom stereocenters. The molecule has 1 aliphatic heterocycles. The second kappa shape index (κ2) is 8.69. The molecule has 1 saturated heterocycles. The fraction of sp³-hybridized carbons (Fsp3) is 0.500. The quantitative estimate of drug-likeness (QED) is 0.761. The van der Waals surface area contributed by atoms with E-state index in [1.807, 2.05) is 0 Å². The van der Waals surface area contributed by atoms with Gasteiger partial charge in [-0.05, 0) is 55.3 Å². The van der Waals surface area contributed by atoms with Gasteiger partial charge in [-0.3, -0.25) is 4.79 Å². The van der Waals surface area contributed by atoms with Gasteiger partial charge >= 0.3 is 0 Å². The summed E-state index contributed by atoms with van der Waals surface area (Å²) < 4.78 is 28.1. The van der Waals surface area contributed by atoms with Crippen LogP contribution in [0.25, 0.3) is 0 Å². The monoisotopic (exact) mass is 447 g/mol. The fourth-order valence-corrected chi connectivity index (χ4v) is 7.08. The summed E-state index contributed by atoms with van der Waals surface area (Å²) in [7, 11) is -3.70. The zero-order valence-corrected chi connectivity index (χ0v) is 19.2. The van der Waals surface area contributed by atoms with Gasteiger partial charge in [0.05, 0.1) is 0 Å². The lowest BCUT2D eigenvalue weighted by molar-refractivity contribution is 0.0939. The van der Waals surface area contributed by atoms with Crippen LogP contribution in [0.1, 0.15) is 46.5 Å². The lowest BCUT2D eigenvalue weighted by Crippen LogP contribution is -2.49. The molecule has 2 fully saturated rings. The lowest BCUT2D eigenvalue weighted by Gasteiger charge is -2.36. The van der Waals surface area contributed by atoms with E-state index in [-0.39, 0.29) is 16.8 Å². The largest absolute Gasteiger partial charge is 0.369 e. The summed E-state index contributed by atoms with van der Waals surface area (Å²) in [4.78, 5) is 15.4. The molecular formula is C22H29N3O3S2. The third kappa shape index (κ3) is 4.26. The first-order valence-corrected chi connectivity index (χ1v) is 12.9. The summed E-state index contributed by atoms with van der Waals surface area (Å²) in [6.07, 6.45) is 4.18. The van der Waals surface area contributed by atoms with E-state index >= 15 is 0 Å². The molecule has 0 atom stereocenters. The Hall–Kier alpha value is -1.90. The van der Waals surface area contributed by atoms with Crippen molar-refractivity contribution in [1.29, 1.82) is 0 Å². The summed E-state index contributed by atoms with van der Waals surface area (Å²) in [5, 5.41) is 4.71. The first-order chi connectivity index (χ1) is 14.4. The van der Waals surface area contributed by atoms with Gasteiger partial charge in [0, 0.05) is 37.9 Å². The van der Waals surface area contributed by atoms with Crippen molar-refractivity contribution in [2.24, 2.45) is 0 Å². The Kier molecular flexibility index (Phi) is 6.18. The third-order valence-electron chi connectivity index (χ3n) is 6.09. The van der Waals surface area contributed by atoms with Crippen LogP contribution in [-0.4, -0.2) is 50.9 Å². The van der Waals surface area contributed by atoms with Gasteiger partial charge in [0.15, 0.2) is 0 Å². The summed E-state index contributed by atoms with van der Waals surface area (Å²) in [6.45, 7) is 6.25. The van der Waals surface area contributed by atoms with Crippen molar-refractivity contribution >= 4 is 33.0 Å².